The van der Waals surface area contributed by atoms with Crippen LogP contribution in [0.25, 0.3) is 0 Å². The molecule has 1 aromatic rings. The second-order valence-electron chi connectivity index (χ2n) is 3.68. The summed E-state index contributed by atoms with van der Waals surface area (Å²) in [6.45, 7) is 9.38. The van der Waals surface area contributed by atoms with Crippen molar-refractivity contribution >= 4 is 5.91 Å². The number of aromatic nitrogens is 2. The molecule has 3 nitrogen and oxygen atoms in total. The molecule has 0 aliphatic carbocycles. The van der Waals surface area contributed by atoms with Crippen LogP contribution in [0.5, 0.6) is 0 Å². The highest BCUT2D eigenvalue weighted by molar-refractivity contribution is 5.86. The van der Waals surface area contributed by atoms with E-state index in [1.54, 1.807) is 12.4 Å². The average molecular weight is 178 g/mol. The molecule has 0 N–H and O–H groups in total. The van der Waals surface area contributed by atoms with Crippen LogP contribution in [-0.4, -0.2) is 15.5 Å². The molecule has 0 radical (unpaired) electrons. The summed E-state index contributed by atoms with van der Waals surface area (Å²) < 4.78 is 1.48. The van der Waals surface area contributed by atoms with Crippen LogP contribution in [0.2, 0.25) is 0 Å². The summed E-state index contributed by atoms with van der Waals surface area (Å²) >= 11 is 0. The van der Waals surface area contributed by atoms with Crippen LogP contribution in [0, 0.1) is 5.41 Å². The van der Waals surface area contributed by atoms with E-state index < -0.39 is 5.41 Å². The van der Waals surface area contributed by atoms with E-state index in [1.165, 1.54) is 10.9 Å². The Balaban J connectivity index is 2.98. The number of hydrogen-bond acceptors (Lipinski definition) is 2. The molecule has 0 spiro atoms. The average Bonchev–Trinajstić information content (AvgIpc) is 2.54. The predicted octanol–water partition coefficient (Wildman–Crippen LogP) is 2.13. The van der Waals surface area contributed by atoms with Gasteiger partial charge < -0.3 is 0 Å². The van der Waals surface area contributed by atoms with Crippen LogP contribution < -0.4 is 0 Å². The van der Waals surface area contributed by atoms with Gasteiger partial charge in [-0.3, -0.25) is 9.36 Å². The third kappa shape index (κ3) is 1.69. The van der Waals surface area contributed by atoms with Crippen molar-refractivity contribution in [3.8, 4) is 0 Å². The van der Waals surface area contributed by atoms with Crippen molar-refractivity contribution in [2.45, 2.75) is 20.8 Å². The second-order valence-corrected chi connectivity index (χ2v) is 3.68. The summed E-state index contributed by atoms with van der Waals surface area (Å²) in [4.78, 5) is 15.7. The Kier molecular flexibility index (Phi) is 2.36. The number of carbonyl (C=O) groups is 1. The Morgan fingerprint density at radius 3 is 2.54 bits per heavy atom. The number of hydrogen-bond donors (Lipinski definition) is 0. The van der Waals surface area contributed by atoms with E-state index in [4.69, 9.17) is 0 Å². The van der Waals surface area contributed by atoms with Crippen LogP contribution in [0.4, 0.5) is 0 Å². The maximum Gasteiger partial charge on any atom is 0.241 e. The molecule has 0 fully saturated rings. The number of allylic oxidation sites excluding steroid dienone is 1. The highest BCUT2D eigenvalue weighted by Gasteiger charge is 2.29. The third-order valence-electron chi connectivity index (χ3n) is 2.34. The molecule has 0 amide bonds. The maximum atomic E-state index is 11.8. The zero-order chi connectivity index (χ0) is 10.1. The van der Waals surface area contributed by atoms with Crippen molar-refractivity contribution in [2.75, 3.05) is 0 Å². The van der Waals surface area contributed by atoms with E-state index >= 15 is 0 Å². The molecule has 0 saturated carbocycles. The number of rotatable bonds is 2. The van der Waals surface area contributed by atoms with Crippen molar-refractivity contribution in [3.63, 3.8) is 0 Å². The van der Waals surface area contributed by atoms with Crippen molar-refractivity contribution in [3.05, 3.63) is 30.9 Å². The molecule has 1 heterocycles. The van der Waals surface area contributed by atoms with E-state index in [1.807, 2.05) is 20.8 Å². The monoisotopic (exact) mass is 178 g/mol. The van der Waals surface area contributed by atoms with Crippen molar-refractivity contribution in [1.29, 1.82) is 0 Å². The summed E-state index contributed by atoms with van der Waals surface area (Å²) in [5.41, 5.74) is 0.326. The molecule has 0 saturated heterocycles. The van der Waals surface area contributed by atoms with Gasteiger partial charge in [-0.05, 0) is 20.8 Å². The maximum absolute atomic E-state index is 11.8. The van der Waals surface area contributed by atoms with Crippen molar-refractivity contribution in [1.82, 2.24) is 9.55 Å². The fourth-order valence-electron chi connectivity index (χ4n) is 0.885. The Bertz CT molecular complexity index is 323. The summed E-state index contributed by atoms with van der Waals surface area (Å²) in [6.07, 6.45) is 4.74. The quantitative estimate of drug-likeness (QED) is 0.650. The molecule has 0 unspecified atom stereocenters. The lowest BCUT2D eigenvalue weighted by atomic mass is 9.85. The molecule has 0 atom stereocenters. The van der Waals surface area contributed by atoms with Crippen molar-refractivity contribution in [2.24, 2.45) is 5.41 Å². The lowest BCUT2D eigenvalue weighted by molar-refractivity contribution is 0.0785. The molecular weight excluding hydrogens is 164 g/mol. The first kappa shape index (κ1) is 9.71. The van der Waals surface area contributed by atoms with Gasteiger partial charge in [0.1, 0.15) is 6.33 Å². The Morgan fingerprint density at radius 2 is 2.15 bits per heavy atom. The lowest BCUT2D eigenvalue weighted by Crippen LogP contribution is -2.29. The van der Waals surface area contributed by atoms with Gasteiger partial charge in [-0.25, -0.2) is 4.98 Å². The summed E-state index contributed by atoms with van der Waals surface area (Å²) in [5.74, 6) is -0.00231. The van der Waals surface area contributed by atoms with E-state index in [-0.39, 0.29) is 5.91 Å². The first-order valence-corrected chi connectivity index (χ1v) is 4.15. The van der Waals surface area contributed by atoms with Gasteiger partial charge in [-0.15, -0.1) is 0 Å². The molecule has 0 bridgehead atoms. The lowest BCUT2D eigenvalue weighted by Gasteiger charge is -2.22. The van der Waals surface area contributed by atoms with Gasteiger partial charge in [0, 0.05) is 12.4 Å². The van der Waals surface area contributed by atoms with E-state index in [9.17, 15) is 4.79 Å². The van der Waals surface area contributed by atoms with Gasteiger partial charge in [0.25, 0.3) is 0 Å². The fraction of sp³-hybridized carbons (Fsp3) is 0.400. The number of imidazole rings is 1. The summed E-state index contributed by atoms with van der Waals surface area (Å²) in [5, 5.41) is 0. The standard InChI is InChI=1S/C10H14N2O/c1-8(2)10(3,4)9(13)12-6-5-11-7-12/h5-7H,1H2,2-4H3. The van der Waals surface area contributed by atoms with Gasteiger partial charge in [0.05, 0.1) is 5.41 Å². The molecule has 0 aromatic carbocycles. The minimum absolute atomic E-state index is 0.00231. The fourth-order valence-corrected chi connectivity index (χ4v) is 0.885. The van der Waals surface area contributed by atoms with Gasteiger partial charge in [0.2, 0.25) is 5.91 Å². The van der Waals surface area contributed by atoms with Crippen LogP contribution in [0.1, 0.15) is 25.6 Å². The SMILES string of the molecule is C=C(C)C(C)(C)C(=O)n1ccnc1. The molecule has 3 heteroatoms. The predicted molar refractivity (Wildman–Crippen MR) is 51.4 cm³/mol. The zero-order valence-electron chi connectivity index (χ0n) is 8.24. The molecule has 1 rings (SSSR count). The smallest absolute Gasteiger partial charge is 0.241 e. The Labute approximate surface area is 78.1 Å². The second kappa shape index (κ2) is 3.17. The van der Waals surface area contributed by atoms with Gasteiger partial charge in [0.15, 0.2) is 0 Å². The van der Waals surface area contributed by atoms with Crippen LogP contribution >= 0.6 is 0 Å². The summed E-state index contributed by atoms with van der Waals surface area (Å²) in [6, 6.07) is 0. The Morgan fingerprint density at radius 1 is 1.54 bits per heavy atom. The van der Waals surface area contributed by atoms with Crippen LogP contribution in [0.3, 0.4) is 0 Å². The molecule has 13 heavy (non-hydrogen) atoms. The topological polar surface area (TPSA) is 34.9 Å². The minimum Gasteiger partial charge on any atom is -0.276 e. The van der Waals surface area contributed by atoms with Crippen LogP contribution in [0.15, 0.2) is 30.9 Å². The normalized spacial score (nSPS) is 11.3. The molecule has 0 aliphatic heterocycles. The van der Waals surface area contributed by atoms with E-state index in [0.717, 1.165) is 5.57 Å². The minimum atomic E-state index is -0.527. The van der Waals surface area contributed by atoms with Crippen LogP contribution in [-0.2, 0) is 0 Å². The van der Waals surface area contributed by atoms with Gasteiger partial charge in [-0.1, -0.05) is 12.2 Å². The van der Waals surface area contributed by atoms with Crippen molar-refractivity contribution < 1.29 is 4.79 Å². The molecular formula is C10H14N2O. The Hall–Kier alpha value is -1.38. The molecule has 70 valence electrons. The molecule has 1 aromatic heterocycles. The number of nitrogens with zero attached hydrogens (tertiary/aromatic N) is 2. The number of carbonyl (C=O) groups excluding carboxylic acids is 1. The highest BCUT2D eigenvalue weighted by Crippen LogP contribution is 2.26. The summed E-state index contributed by atoms with van der Waals surface area (Å²) in [7, 11) is 0. The largest absolute Gasteiger partial charge is 0.276 e. The molecule has 0 aliphatic rings. The van der Waals surface area contributed by atoms with Gasteiger partial charge in [-0.2, -0.15) is 0 Å². The highest BCUT2D eigenvalue weighted by atomic mass is 16.2. The van der Waals surface area contributed by atoms with E-state index in [0.29, 0.717) is 0 Å². The van der Waals surface area contributed by atoms with E-state index in [2.05, 4.69) is 11.6 Å². The first-order valence-electron chi connectivity index (χ1n) is 4.15. The van der Waals surface area contributed by atoms with Gasteiger partial charge >= 0.3 is 0 Å². The third-order valence-corrected chi connectivity index (χ3v) is 2.34. The zero-order valence-corrected chi connectivity index (χ0v) is 8.24. The first-order chi connectivity index (χ1) is 5.96.